The highest BCUT2D eigenvalue weighted by atomic mass is 32.2. The number of hydrogen-bond acceptors (Lipinski definition) is 4. The van der Waals surface area contributed by atoms with Crippen LogP contribution in [-0.4, -0.2) is 7.11 Å². The van der Waals surface area contributed by atoms with E-state index in [1.54, 1.807) is 24.3 Å². The molecule has 0 N–H and O–H groups in total. The lowest BCUT2D eigenvalue weighted by atomic mass is 10.1. The first-order valence-corrected chi connectivity index (χ1v) is 8.26. The van der Waals surface area contributed by atoms with E-state index in [9.17, 15) is 18.0 Å². The molecule has 0 aliphatic rings. The molecule has 7 heteroatoms. The number of hydrogen-bond donors (Lipinski definition) is 0. The topological polar surface area (TPSA) is 39.4 Å². The Kier molecular flexibility index (Phi) is 4.76. The number of methoxy groups -OCH3 is 1. The average molecular weight is 366 g/mol. The normalized spacial score (nSPS) is 11.7. The summed E-state index contributed by atoms with van der Waals surface area (Å²) >= 11 is 1.23. The first-order valence-electron chi connectivity index (χ1n) is 7.27. The van der Waals surface area contributed by atoms with Crippen LogP contribution in [0.4, 0.5) is 13.2 Å². The zero-order valence-corrected chi connectivity index (χ0v) is 13.9. The Morgan fingerprint density at radius 3 is 2.64 bits per heavy atom. The minimum absolute atomic E-state index is 0.343. The van der Waals surface area contributed by atoms with Gasteiger partial charge in [-0.25, -0.2) is 4.79 Å². The standard InChI is InChI=1S/C18H13F3O3S/c1-23-13-5-6-15-11(7-17(22)24-16(15)9-13)10-25-14-4-2-3-12(8-14)18(19,20)21/h2-9H,10H2,1H3. The first kappa shape index (κ1) is 17.4. The summed E-state index contributed by atoms with van der Waals surface area (Å²) in [6.45, 7) is 0. The molecule has 0 atom stereocenters. The van der Waals surface area contributed by atoms with Crippen LogP contribution in [0.5, 0.6) is 5.75 Å². The van der Waals surface area contributed by atoms with Crippen molar-refractivity contribution in [1.29, 1.82) is 0 Å². The third kappa shape index (κ3) is 3.99. The maximum atomic E-state index is 12.8. The zero-order chi connectivity index (χ0) is 18.0. The van der Waals surface area contributed by atoms with Gasteiger partial charge in [0.05, 0.1) is 12.7 Å². The summed E-state index contributed by atoms with van der Waals surface area (Å²) in [4.78, 5) is 12.2. The summed E-state index contributed by atoms with van der Waals surface area (Å²) in [5, 5.41) is 0.722. The lowest BCUT2D eigenvalue weighted by Crippen LogP contribution is -2.04. The summed E-state index contributed by atoms with van der Waals surface area (Å²) in [5.41, 5.74) is -0.136. The van der Waals surface area contributed by atoms with Gasteiger partial charge in [0, 0.05) is 28.2 Å². The van der Waals surface area contributed by atoms with Crippen molar-refractivity contribution < 1.29 is 22.3 Å². The third-order valence-corrected chi connectivity index (χ3v) is 4.64. The first-order chi connectivity index (χ1) is 11.9. The quantitative estimate of drug-likeness (QED) is 0.475. The number of rotatable bonds is 4. The van der Waals surface area contributed by atoms with Crippen molar-refractivity contribution in [3.8, 4) is 5.75 Å². The van der Waals surface area contributed by atoms with Gasteiger partial charge in [0.25, 0.3) is 0 Å². The predicted octanol–water partition coefficient (Wildman–Crippen LogP) is 5.11. The Balaban J connectivity index is 1.90. The van der Waals surface area contributed by atoms with Gasteiger partial charge in [0.15, 0.2) is 0 Å². The molecule has 0 radical (unpaired) electrons. The van der Waals surface area contributed by atoms with E-state index in [2.05, 4.69) is 0 Å². The minimum atomic E-state index is -4.38. The molecular formula is C18H13F3O3S. The molecule has 0 unspecified atom stereocenters. The molecule has 2 aromatic carbocycles. The number of benzene rings is 2. The molecular weight excluding hydrogens is 353 g/mol. The highest BCUT2D eigenvalue weighted by Gasteiger charge is 2.30. The van der Waals surface area contributed by atoms with Crippen LogP contribution in [0.2, 0.25) is 0 Å². The van der Waals surface area contributed by atoms with Crippen molar-refractivity contribution in [1.82, 2.24) is 0 Å². The molecule has 3 nitrogen and oxygen atoms in total. The summed E-state index contributed by atoms with van der Waals surface area (Å²) < 4.78 is 48.6. The number of fused-ring (bicyclic) bond motifs is 1. The smallest absolute Gasteiger partial charge is 0.416 e. The summed E-state index contributed by atoms with van der Waals surface area (Å²) in [6.07, 6.45) is -4.38. The van der Waals surface area contributed by atoms with E-state index in [-0.39, 0.29) is 0 Å². The molecule has 0 bridgehead atoms. The van der Waals surface area contributed by atoms with Crippen LogP contribution in [0, 0.1) is 0 Å². The van der Waals surface area contributed by atoms with Crippen molar-refractivity contribution in [3.63, 3.8) is 0 Å². The van der Waals surface area contributed by atoms with E-state index in [1.807, 2.05) is 0 Å². The van der Waals surface area contributed by atoms with Crippen molar-refractivity contribution in [2.24, 2.45) is 0 Å². The van der Waals surface area contributed by atoms with Crippen molar-refractivity contribution in [3.05, 3.63) is 70.1 Å². The number of alkyl halides is 3. The van der Waals surface area contributed by atoms with E-state index < -0.39 is 17.4 Å². The van der Waals surface area contributed by atoms with Gasteiger partial charge < -0.3 is 9.15 Å². The van der Waals surface area contributed by atoms with Crippen LogP contribution in [0.15, 0.2) is 62.6 Å². The maximum Gasteiger partial charge on any atom is 0.416 e. The van der Waals surface area contributed by atoms with E-state index in [0.29, 0.717) is 27.5 Å². The van der Waals surface area contributed by atoms with Gasteiger partial charge in [-0.3, -0.25) is 0 Å². The van der Waals surface area contributed by atoms with Crippen molar-refractivity contribution >= 4 is 22.7 Å². The third-order valence-electron chi connectivity index (χ3n) is 3.59. The Morgan fingerprint density at radius 1 is 1.12 bits per heavy atom. The van der Waals surface area contributed by atoms with E-state index >= 15 is 0 Å². The molecule has 0 saturated carbocycles. The average Bonchev–Trinajstić information content (AvgIpc) is 2.58. The van der Waals surface area contributed by atoms with Crippen LogP contribution in [-0.2, 0) is 11.9 Å². The summed E-state index contributed by atoms with van der Waals surface area (Å²) in [6, 6.07) is 11.6. The largest absolute Gasteiger partial charge is 0.497 e. The molecule has 1 aromatic heterocycles. The number of thioether (sulfide) groups is 1. The second kappa shape index (κ2) is 6.84. The molecule has 0 spiro atoms. The zero-order valence-electron chi connectivity index (χ0n) is 13.1. The van der Waals surface area contributed by atoms with Crippen LogP contribution in [0.25, 0.3) is 11.0 Å². The SMILES string of the molecule is COc1ccc2c(CSc3cccc(C(F)(F)F)c3)cc(=O)oc2c1. The molecule has 0 amide bonds. The number of halogens is 3. The second-order valence-corrected chi connectivity index (χ2v) is 6.32. The van der Waals surface area contributed by atoms with E-state index in [4.69, 9.17) is 9.15 Å². The minimum Gasteiger partial charge on any atom is -0.497 e. The van der Waals surface area contributed by atoms with Crippen molar-refractivity contribution in [2.75, 3.05) is 7.11 Å². The lowest BCUT2D eigenvalue weighted by Gasteiger charge is -2.09. The Morgan fingerprint density at radius 2 is 1.92 bits per heavy atom. The van der Waals surface area contributed by atoms with Gasteiger partial charge in [0.2, 0.25) is 0 Å². The van der Waals surface area contributed by atoms with Gasteiger partial charge in [0.1, 0.15) is 11.3 Å². The van der Waals surface area contributed by atoms with Gasteiger partial charge in [-0.15, -0.1) is 11.8 Å². The van der Waals surface area contributed by atoms with Crippen LogP contribution < -0.4 is 10.4 Å². The fourth-order valence-corrected chi connectivity index (χ4v) is 3.33. The van der Waals surface area contributed by atoms with E-state index in [1.165, 1.54) is 31.0 Å². The molecule has 0 aliphatic heterocycles. The van der Waals surface area contributed by atoms with Crippen LogP contribution in [0.1, 0.15) is 11.1 Å². The predicted molar refractivity (Wildman–Crippen MR) is 90.0 cm³/mol. The van der Waals surface area contributed by atoms with Gasteiger partial charge in [-0.2, -0.15) is 13.2 Å². The van der Waals surface area contributed by atoms with Crippen LogP contribution in [0.3, 0.4) is 0 Å². The fraction of sp³-hybridized carbons (Fsp3) is 0.167. The Hall–Kier alpha value is -2.41. The molecule has 1 heterocycles. The highest BCUT2D eigenvalue weighted by molar-refractivity contribution is 7.98. The lowest BCUT2D eigenvalue weighted by molar-refractivity contribution is -0.137. The monoisotopic (exact) mass is 366 g/mol. The van der Waals surface area contributed by atoms with Crippen LogP contribution >= 0.6 is 11.8 Å². The fourth-order valence-electron chi connectivity index (χ4n) is 2.38. The molecule has 130 valence electrons. The maximum absolute atomic E-state index is 12.8. The molecule has 3 rings (SSSR count). The van der Waals surface area contributed by atoms with Gasteiger partial charge >= 0.3 is 11.8 Å². The molecule has 3 aromatic rings. The Labute approximate surface area is 145 Å². The molecule has 25 heavy (non-hydrogen) atoms. The Bertz CT molecular complexity index is 964. The van der Waals surface area contributed by atoms with Gasteiger partial charge in [-0.1, -0.05) is 6.07 Å². The van der Waals surface area contributed by atoms with Gasteiger partial charge in [-0.05, 0) is 35.9 Å². The number of ether oxygens (including phenoxy) is 1. The molecule has 0 aliphatic carbocycles. The summed E-state index contributed by atoms with van der Waals surface area (Å²) in [7, 11) is 1.51. The molecule has 0 saturated heterocycles. The highest BCUT2D eigenvalue weighted by Crippen LogP contribution is 2.33. The van der Waals surface area contributed by atoms with Crippen molar-refractivity contribution in [2.45, 2.75) is 16.8 Å². The molecule has 0 fully saturated rings. The van der Waals surface area contributed by atoms with E-state index in [0.717, 1.165) is 17.5 Å². The summed E-state index contributed by atoms with van der Waals surface area (Å²) in [5.74, 6) is 0.897. The second-order valence-electron chi connectivity index (χ2n) is 5.27.